The number of hydrogen-bond donors (Lipinski definition) is 0. The molecule has 4 heteroatoms. The predicted octanol–water partition coefficient (Wildman–Crippen LogP) is -0.0758. The molecule has 0 bridgehead atoms. The van der Waals surface area contributed by atoms with Crippen LogP contribution in [0.3, 0.4) is 0 Å². The molecule has 0 aromatic rings. The van der Waals surface area contributed by atoms with E-state index in [1.54, 1.807) is 0 Å². The van der Waals surface area contributed by atoms with Crippen LogP contribution in [0.2, 0.25) is 0 Å². The van der Waals surface area contributed by atoms with E-state index < -0.39 is 0 Å². The van der Waals surface area contributed by atoms with Crippen molar-refractivity contribution in [3.8, 4) is 0 Å². The van der Waals surface area contributed by atoms with Gasteiger partial charge in [0.25, 0.3) is 0 Å². The Morgan fingerprint density at radius 3 is 2.77 bits per heavy atom. The van der Waals surface area contributed by atoms with Gasteiger partial charge in [0.2, 0.25) is 0 Å². The second-order valence-corrected chi connectivity index (χ2v) is 3.06. The highest BCUT2D eigenvalue weighted by molar-refractivity contribution is 5.81. The van der Waals surface area contributed by atoms with Gasteiger partial charge >= 0.3 is 0 Å². The van der Waals surface area contributed by atoms with Crippen molar-refractivity contribution in [2.24, 2.45) is 0 Å². The van der Waals surface area contributed by atoms with Crippen LogP contribution in [0.25, 0.3) is 0 Å². The zero-order valence-corrected chi connectivity index (χ0v) is 8.12. The lowest BCUT2D eigenvalue weighted by atomic mass is 10.3. The van der Waals surface area contributed by atoms with E-state index in [1.165, 1.54) is 0 Å². The molecule has 0 amide bonds. The molecule has 1 saturated heterocycles. The predicted molar refractivity (Wildman–Crippen MR) is 48.8 cm³/mol. The van der Waals surface area contributed by atoms with Crippen LogP contribution in [0.15, 0.2) is 0 Å². The van der Waals surface area contributed by atoms with Gasteiger partial charge in [0.15, 0.2) is 5.78 Å². The summed E-state index contributed by atoms with van der Waals surface area (Å²) in [5.41, 5.74) is 0. The lowest BCUT2D eigenvalue weighted by molar-refractivity contribution is -0.125. The number of Topliss-reactive ketones (excluding diaryl/α,β-unsaturated/α-hetero) is 1. The Balaban J connectivity index is 2.11. The summed E-state index contributed by atoms with van der Waals surface area (Å²) in [4.78, 5) is 13.4. The minimum Gasteiger partial charge on any atom is -0.379 e. The quantitative estimate of drug-likeness (QED) is 0.603. The highest BCUT2D eigenvalue weighted by atomic mass is 16.5. The maximum Gasteiger partial charge on any atom is 0.172 e. The molecule has 1 fully saturated rings. The highest BCUT2D eigenvalue weighted by Crippen LogP contribution is 1.96. The second kappa shape index (κ2) is 6.07. The van der Waals surface area contributed by atoms with Crippen molar-refractivity contribution in [2.75, 3.05) is 46.1 Å². The second-order valence-electron chi connectivity index (χ2n) is 3.06. The van der Waals surface area contributed by atoms with Crippen molar-refractivity contribution in [3.63, 3.8) is 0 Å². The number of hydrogen-bond acceptors (Lipinski definition) is 4. The molecule has 0 radical (unpaired) electrons. The minimum atomic E-state index is 0.156. The molecule has 0 aliphatic carbocycles. The summed E-state index contributed by atoms with van der Waals surface area (Å²) in [5, 5.41) is 0. The van der Waals surface area contributed by atoms with Gasteiger partial charge in [-0.3, -0.25) is 9.69 Å². The third-order valence-corrected chi connectivity index (χ3v) is 1.97. The Morgan fingerprint density at radius 1 is 1.46 bits per heavy atom. The molecule has 1 aliphatic rings. The fourth-order valence-corrected chi connectivity index (χ4v) is 1.27. The average Bonchev–Trinajstić information content (AvgIpc) is 2.16. The zero-order valence-electron chi connectivity index (χ0n) is 8.12. The van der Waals surface area contributed by atoms with E-state index in [4.69, 9.17) is 9.47 Å². The van der Waals surface area contributed by atoms with Crippen LogP contribution in [0.5, 0.6) is 0 Å². The lowest BCUT2D eigenvalue weighted by Crippen LogP contribution is -2.40. The first kappa shape index (κ1) is 10.6. The van der Waals surface area contributed by atoms with Crippen LogP contribution in [-0.2, 0) is 14.3 Å². The van der Waals surface area contributed by atoms with Gasteiger partial charge in [0.1, 0.15) is 6.61 Å². The summed E-state index contributed by atoms with van der Waals surface area (Å²) in [6, 6.07) is 0. The normalized spacial score (nSPS) is 18.8. The Morgan fingerprint density at radius 2 is 2.15 bits per heavy atom. The Hall–Kier alpha value is -0.450. The van der Waals surface area contributed by atoms with Gasteiger partial charge in [-0.2, -0.15) is 0 Å². The Labute approximate surface area is 78.8 Å². The number of morpholine rings is 1. The van der Waals surface area contributed by atoms with Crippen LogP contribution in [0.1, 0.15) is 6.92 Å². The van der Waals surface area contributed by atoms with Crippen LogP contribution in [0.4, 0.5) is 0 Å². The number of ketones is 1. The van der Waals surface area contributed by atoms with Crippen molar-refractivity contribution in [1.82, 2.24) is 4.90 Å². The standard InChI is InChI=1S/C9H17NO3/c1-2-12-8-9(11)7-10-3-5-13-6-4-10/h2-8H2,1H3. The third kappa shape index (κ3) is 4.36. The first-order chi connectivity index (χ1) is 6.33. The van der Waals surface area contributed by atoms with Gasteiger partial charge in [-0.05, 0) is 6.92 Å². The van der Waals surface area contributed by atoms with Crippen molar-refractivity contribution >= 4 is 5.78 Å². The number of nitrogens with zero attached hydrogens (tertiary/aromatic N) is 1. The molecule has 0 aromatic carbocycles. The maximum atomic E-state index is 11.3. The summed E-state index contributed by atoms with van der Waals surface area (Å²) in [5.74, 6) is 0.156. The molecule has 1 aliphatic heterocycles. The van der Waals surface area contributed by atoms with Crippen molar-refractivity contribution in [2.45, 2.75) is 6.92 Å². The average molecular weight is 187 g/mol. The summed E-state index contributed by atoms with van der Waals surface area (Å²) in [6.07, 6.45) is 0. The van der Waals surface area contributed by atoms with Crippen LogP contribution in [-0.4, -0.2) is 56.7 Å². The summed E-state index contributed by atoms with van der Waals surface area (Å²) >= 11 is 0. The molecule has 0 unspecified atom stereocenters. The SMILES string of the molecule is CCOCC(=O)CN1CCOCC1. The smallest absolute Gasteiger partial charge is 0.172 e. The molecule has 76 valence electrons. The molecule has 0 saturated carbocycles. The van der Waals surface area contributed by atoms with E-state index in [1.807, 2.05) is 6.92 Å². The zero-order chi connectivity index (χ0) is 9.52. The van der Waals surface area contributed by atoms with Crippen molar-refractivity contribution < 1.29 is 14.3 Å². The van der Waals surface area contributed by atoms with Gasteiger partial charge in [-0.25, -0.2) is 0 Å². The van der Waals surface area contributed by atoms with Crippen LogP contribution >= 0.6 is 0 Å². The molecule has 1 heterocycles. The van der Waals surface area contributed by atoms with Crippen molar-refractivity contribution in [1.29, 1.82) is 0 Å². The van der Waals surface area contributed by atoms with Gasteiger partial charge in [-0.1, -0.05) is 0 Å². The maximum absolute atomic E-state index is 11.3. The number of rotatable bonds is 5. The lowest BCUT2D eigenvalue weighted by Gasteiger charge is -2.25. The molecule has 0 N–H and O–H groups in total. The third-order valence-electron chi connectivity index (χ3n) is 1.97. The monoisotopic (exact) mass is 187 g/mol. The van der Waals surface area contributed by atoms with E-state index in [0.29, 0.717) is 13.2 Å². The fourth-order valence-electron chi connectivity index (χ4n) is 1.27. The molecule has 0 atom stereocenters. The summed E-state index contributed by atoms with van der Waals surface area (Å²) < 4.78 is 10.2. The molecule has 4 nitrogen and oxygen atoms in total. The topological polar surface area (TPSA) is 38.8 Å². The molecule has 13 heavy (non-hydrogen) atoms. The fraction of sp³-hybridized carbons (Fsp3) is 0.889. The van der Waals surface area contributed by atoms with Crippen molar-refractivity contribution in [3.05, 3.63) is 0 Å². The number of carbonyl (C=O) groups excluding carboxylic acids is 1. The molecular formula is C9H17NO3. The molecule has 0 spiro atoms. The summed E-state index contributed by atoms with van der Waals surface area (Å²) in [7, 11) is 0. The highest BCUT2D eigenvalue weighted by Gasteiger charge is 2.13. The number of carbonyl (C=O) groups is 1. The number of ether oxygens (including phenoxy) is 2. The van der Waals surface area contributed by atoms with Crippen LogP contribution in [0, 0.1) is 0 Å². The molecular weight excluding hydrogens is 170 g/mol. The van der Waals surface area contributed by atoms with Crippen LogP contribution < -0.4 is 0 Å². The Kier molecular flexibility index (Phi) is 4.97. The van der Waals surface area contributed by atoms with E-state index >= 15 is 0 Å². The van der Waals surface area contributed by atoms with Gasteiger partial charge in [0, 0.05) is 19.7 Å². The summed E-state index contributed by atoms with van der Waals surface area (Å²) in [6.45, 7) is 6.44. The Bertz CT molecular complexity index is 155. The van der Waals surface area contributed by atoms with E-state index in [9.17, 15) is 4.79 Å². The van der Waals surface area contributed by atoms with E-state index in [2.05, 4.69) is 4.90 Å². The first-order valence-electron chi connectivity index (χ1n) is 4.72. The van der Waals surface area contributed by atoms with Gasteiger partial charge < -0.3 is 9.47 Å². The van der Waals surface area contributed by atoms with E-state index in [0.717, 1.165) is 26.3 Å². The first-order valence-corrected chi connectivity index (χ1v) is 4.72. The molecule has 0 aromatic heterocycles. The minimum absolute atomic E-state index is 0.156. The van der Waals surface area contributed by atoms with Gasteiger partial charge in [-0.15, -0.1) is 0 Å². The van der Waals surface area contributed by atoms with Gasteiger partial charge in [0.05, 0.1) is 19.8 Å². The molecule has 1 rings (SSSR count). The largest absolute Gasteiger partial charge is 0.379 e. The van der Waals surface area contributed by atoms with E-state index in [-0.39, 0.29) is 12.4 Å².